The fourth-order valence-corrected chi connectivity index (χ4v) is 1.52. The molecule has 0 saturated carbocycles. The number of amides is 1. The molecule has 4 nitrogen and oxygen atoms in total. The van der Waals surface area contributed by atoms with Gasteiger partial charge >= 0.3 is 0 Å². The summed E-state index contributed by atoms with van der Waals surface area (Å²) in [5.41, 5.74) is 2.14. The van der Waals surface area contributed by atoms with Crippen LogP contribution < -0.4 is 15.4 Å². The van der Waals surface area contributed by atoms with Crippen molar-refractivity contribution in [2.75, 3.05) is 20.7 Å². The van der Waals surface area contributed by atoms with Crippen LogP contribution in [0.15, 0.2) is 18.2 Å². The maximum absolute atomic E-state index is 11.4. The molecule has 1 rings (SSSR count). The van der Waals surface area contributed by atoms with Crippen LogP contribution in [0.4, 0.5) is 0 Å². The van der Waals surface area contributed by atoms with Crippen molar-refractivity contribution in [3.05, 3.63) is 29.3 Å². The molecule has 0 radical (unpaired) electrons. The number of nitrogens with one attached hydrogen (secondary N) is 2. The lowest BCUT2D eigenvalue weighted by Gasteiger charge is -2.10. The summed E-state index contributed by atoms with van der Waals surface area (Å²) in [6.45, 7) is 3.21. The lowest BCUT2D eigenvalue weighted by atomic mass is 10.1. The fraction of sp³-hybridized carbons (Fsp3) is 0.462. The van der Waals surface area contributed by atoms with E-state index >= 15 is 0 Å². The number of hydrogen-bond acceptors (Lipinski definition) is 3. The molecule has 0 fully saturated rings. The van der Waals surface area contributed by atoms with Crippen molar-refractivity contribution < 1.29 is 9.53 Å². The van der Waals surface area contributed by atoms with Crippen LogP contribution in [0.5, 0.6) is 5.75 Å². The van der Waals surface area contributed by atoms with Gasteiger partial charge in [0.1, 0.15) is 5.75 Å². The molecule has 0 aliphatic heterocycles. The van der Waals surface area contributed by atoms with Gasteiger partial charge in [-0.25, -0.2) is 0 Å². The van der Waals surface area contributed by atoms with E-state index in [1.807, 2.05) is 32.2 Å². The van der Waals surface area contributed by atoms with Gasteiger partial charge in [0.05, 0.1) is 7.11 Å². The van der Waals surface area contributed by atoms with Gasteiger partial charge in [-0.2, -0.15) is 0 Å². The molecule has 18 heavy (non-hydrogen) atoms. The van der Waals surface area contributed by atoms with Gasteiger partial charge in [0.25, 0.3) is 0 Å². The second-order valence-electron chi connectivity index (χ2n) is 3.95. The second-order valence-corrected chi connectivity index (χ2v) is 3.95. The highest BCUT2D eigenvalue weighted by molar-refractivity contribution is 5.85. The Bertz CT molecular complexity index is 383. The number of carbonyl (C=O) groups is 1. The summed E-state index contributed by atoms with van der Waals surface area (Å²) in [5.74, 6) is 0.862. The van der Waals surface area contributed by atoms with Gasteiger partial charge in [0.15, 0.2) is 0 Å². The van der Waals surface area contributed by atoms with E-state index in [-0.39, 0.29) is 18.3 Å². The Hall–Kier alpha value is -1.26. The Kier molecular flexibility index (Phi) is 8.16. The highest BCUT2D eigenvalue weighted by Gasteiger charge is 2.05. The Labute approximate surface area is 115 Å². The van der Waals surface area contributed by atoms with Gasteiger partial charge in [0, 0.05) is 25.1 Å². The Morgan fingerprint density at radius 2 is 2.11 bits per heavy atom. The number of hydrogen-bond donors (Lipinski definition) is 2. The lowest BCUT2D eigenvalue weighted by Crippen LogP contribution is -2.26. The smallest absolute Gasteiger partial charge is 0.221 e. The summed E-state index contributed by atoms with van der Waals surface area (Å²) in [6.07, 6.45) is 0.491. The highest BCUT2D eigenvalue weighted by Crippen LogP contribution is 2.19. The third kappa shape index (κ3) is 5.38. The first kappa shape index (κ1) is 16.7. The molecule has 0 heterocycles. The van der Waals surface area contributed by atoms with E-state index in [1.165, 1.54) is 0 Å². The van der Waals surface area contributed by atoms with Crippen LogP contribution in [-0.4, -0.2) is 26.6 Å². The molecular formula is C13H21ClN2O2. The molecule has 0 aromatic heterocycles. The van der Waals surface area contributed by atoms with Crippen LogP contribution in [0.1, 0.15) is 17.5 Å². The maximum Gasteiger partial charge on any atom is 0.221 e. The van der Waals surface area contributed by atoms with Gasteiger partial charge in [-0.05, 0) is 25.6 Å². The van der Waals surface area contributed by atoms with E-state index in [0.717, 1.165) is 16.9 Å². The summed E-state index contributed by atoms with van der Waals surface area (Å²) in [6, 6.07) is 5.96. The molecule has 0 saturated heterocycles. The third-order valence-corrected chi connectivity index (χ3v) is 2.52. The zero-order valence-electron chi connectivity index (χ0n) is 11.1. The summed E-state index contributed by atoms with van der Waals surface area (Å²) in [5, 5.41) is 5.81. The number of aryl methyl sites for hydroxylation is 1. The number of carbonyl (C=O) groups excluding carboxylic acids is 1. The van der Waals surface area contributed by atoms with Gasteiger partial charge in [-0.1, -0.05) is 12.1 Å². The fourth-order valence-electron chi connectivity index (χ4n) is 1.52. The molecule has 2 N–H and O–H groups in total. The number of methoxy groups -OCH3 is 1. The zero-order chi connectivity index (χ0) is 12.7. The average Bonchev–Trinajstić information content (AvgIpc) is 2.34. The van der Waals surface area contributed by atoms with Crippen molar-refractivity contribution in [3.8, 4) is 5.75 Å². The van der Waals surface area contributed by atoms with Crippen LogP contribution in [0.3, 0.4) is 0 Å². The molecule has 0 unspecified atom stereocenters. The van der Waals surface area contributed by atoms with Crippen molar-refractivity contribution in [2.24, 2.45) is 0 Å². The monoisotopic (exact) mass is 272 g/mol. The Balaban J connectivity index is 0.00000289. The SMILES string of the molecule is CNCCC(=O)NCc1ccc(C)cc1OC.Cl. The minimum Gasteiger partial charge on any atom is -0.496 e. The standard InChI is InChI=1S/C13H20N2O2.ClH/c1-10-4-5-11(12(8-10)17-3)9-15-13(16)6-7-14-2;/h4-5,8,14H,6-7,9H2,1-3H3,(H,15,16);1H. The maximum atomic E-state index is 11.4. The third-order valence-electron chi connectivity index (χ3n) is 2.52. The first-order valence-corrected chi connectivity index (χ1v) is 5.72. The minimum atomic E-state index is 0. The molecule has 0 aliphatic carbocycles. The van der Waals surface area contributed by atoms with Crippen molar-refractivity contribution >= 4 is 18.3 Å². The number of ether oxygens (including phenoxy) is 1. The van der Waals surface area contributed by atoms with E-state index in [2.05, 4.69) is 10.6 Å². The molecule has 5 heteroatoms. The first-order valence-electron chi connectivity index (χ1n) is 5.72. The molecular weight excluding hydrogens is 252 g/mol. The molecule has 0 aliphatic rings. The average molecular weight is 273 g/mol. The van der Waals surface area contributed by atoms with Gasteiger partial charge < -0.3 is 15.4 Å². The van der Waals surface area contributed by atoms with Gasteiger partial charge in [-0.15, -0.1) is 12.4 Å². The minimum absolute atomic E-state index is 0. The van der Waals surface area contributed by atoms with Crippen LogP contribution in [-0.2, 0) is 11.3 Å². The van der Waals surface area contributed by atoms with E-state index < -0.39 is 0 Å². The molecule has 1 aromatic carbocycles. The van der Waals surface area contributed by atoms with Gasteiger partial charge in [-0.3, -0.25) is 4.79 Å². The summed E-state index contributed by atoms with van der Waals surface area (Å²) in [4.78, 5) is 11.4. The lowest BCUT2D eigenvalue weighted by molar-refractivity contribution is -0.121. The first-order chi connectivity index (χ1) is 8.17. The van der Waals surface area contributed by atoms with Crippen molar-refractivity contribution in [3.63, 3.8) is 0 Å². The van der Waals surface area contributed by atoms with Crippen LogP contribution in [0, 0.1) is 6.92 Å². The van der Waals surface area contributed by atoms with E-state index in [9.17, 15) is 4.79 Å². The van der Waals surface area contributed by atoms with Crippen LogP contribution >= 0.6 is 12.4 Å². The summed E-state index contributed by atoms with van der Waals surface area (Å²) < 4.78 is 5.28. The van der Waals surface area contributed by atoms with Crippen LogP contribution in [0.25, 0.3) is 0 Å². The van der Waals surface area contributed by atoms with Crippen LogP contribution in [0.2, 0.25) is 0 Å². The van der Waals surface area contributed by atoms with Crippen molar-refractivity contribution in [1.29, 1.82) is 0 Å². The summed E-state index contributed by atoms with van der Waals surface area (Å²) >= 11 is 0. The molecule has 102 valence electrons. The normalized spacial score (nSPS) is 9.50. The molecule has 0 atom stereocenters. The largest absolute Gasteiger partial charge is 0.496 e. The predicted octanol–water partition coefficient (Wildman–Crippen LogP) is 1.65. The summed E-state index contributed by atoms with van der Waals surface area (Å²) in [7, 11) is 3.47. The number of rotatable bonds is 6. The van der Waals surface area contributed by atoms with Crippen molar-refractivity contribution in [1.82, 2.24) is 10.6 Å². The molecule has 0 spiro atoms. The molecule has 1 amide bonds. The number of halogens is 1. The quantitative estimate of drug-likeness (QED) is 0.828. The van der Waals surface area contributed by atoms with Crippen molar-refractivity contribution in [2.45, 2.75) is 19.9 Å². The second kappa shape index (κ2) is 8.78. The Morgan fingerprint density at radius 1 is 1.39 bits per heavy atom. The molecule has 0 bridgehead atoms. The van der Waals surface area contributed by atoms with E-state index in [1.54, 1.807) is 7.11 Å². The highest BCUT2D eigenvalue weighted by atomic mass is 35.5. The van der Waals surface area contributed by atoms with E-state index in [0.29, 0.717) is 19.5 Å². The zero-order valence-corrected chi connectivity index (χ0v) is 11.9. The topological polar surface area (TPSA) is 50.4 Å². The van der Waals surface area contributed by atoms with E-state index in [4.69, 9.17) is 4.74 Å². The Morgan fingerprint density at radius 3 is 2.72 bits per heavy atom. The predicted molar refractivity (Wildman–Crippen MR) is 75.4 cm³/mol. The molecule has 1 aromatic rings. The number of benzene rings is 1. The van der Waals surface area contributed by atoms with Gasteiger partial charge in [0.2, 0.25) is 5.91 Å².